The molecule has 0 fully saturated rings. The third-order valence-corrected chi connectivity index (χ3v) is 2.11. The third kappa shape index (κ3) is 1.62. The molecule has 0 saturated carbocycles. The molecule has 0 aliphatic heterocycles. The molecule has 74 valence electrons. The molecule has 1 atom stereocenters. The number of phenols is 1. The molecular weight excluding hydrogens is 183 g/mol. The average Bonchev–Trinajstić information content (AvgIpc) is 2.19. The molecule has 0 amide bonds. The fraction of sp³-hybridized carbons (Fsp3) is 0.300. The summed E-state index contributed by atoms with van der Waals surface area (Å²) in [5.41, 5.74) is 5.50. The summed E-state index contributed by atoms with van der Waals surface area (Å²) in [7, 11) is 0. The van der Waals surface area contributed by atoms with Crippen LogP contribution >= 0.6 is 0 Å². The Bertz CT molecular complexity index is 384. The number of hydrogen-bond donors (Lipinski definition) is 2. The largest absolute Gasteiger partial charge is 0.505 e. The fourth-order valence-corrected chi connectivity index (χ4v) is 1.29. The van der Waals surface area contributed by atoms with E-state index in [1.807, 2.05) is 6.07 Å². The quantitative estimate of drug-likeness (QED) is 0.559. The molecule has 1 unspecified atom stereocenters. The molecule has 1 aromatic carbocycles. The van der Waals surface area contributed by atoms with Gasteiger partial charge in [-0.25, -0.2) is 4.39 Å². The highest BCUT2D eigenvalue weighted by molar-refractivity contribution is 5.58. The Morgan fingerprint density at radius 1 is 1.64 bits per heavy atom. The number of anilines is 1. The van der Waals surface area contributed by atoms with Crippen LogP contribution in [0.25, 0.3) is 0 Å². The molecule has 0 saturated heterocycles. The van der Waals surface area contributed by atoms with Gasteiger partial charge in [-0.15, -0.1) is 0 Å². The normalized spacial score (nSPS) is 12.1. The highest BCUT2D eigenvalue weighted by atomic mass is 19.1. The molecular formula is C10H11FN2O. The Morgan fingerprint density at radius 2 is 2.29 bits per heavy atom. The van der Waals surface area contributed by atoms with Gasteiger partial charge in [0.25, 0.3) is 0 Å². The van der Waals surface area contributed by atoms with Crippen LogP contribution in [0.15, 0.2) is 12.1 Å². The lowest BCUT2D eigenvalue weighted by Gasteiger charge is -2.11. The zero-order valence-corrected chi connectivity index (χ0v) is 7.79. The van der Waals surface area contributed by atoms with E-state index in [1.165, 1.54) is 6.07 Å². The molecule has 0 heterocycles. The second-order valence-corrected chi connectivity index (χ2v) is 2.99. The Morgan fingerprint density at radius 3 is 2.79 bits per heavy atom. The maximum atomic E-state index is 13.3. The molecule has 14 heavy (non-hydrogen) atoms. The van der Waals surface area contributed by atoms with Crippen molar-refractivity contribution in [3.63, 3.8) is 0 Å². The molecule has 1 rings (SSSR count). The van der Waals surface area contributed by atoms with Crippen molar-refractivity contribution in [2.24, 2.45) is 0 Å². The van der Waals surface area contributed by atoms with Crippen molar-refractivity contribution in [2.75, 3.05) is 5.73 Å². The predicted octanol–water partition coefficient (Wildman–Crippen LogP) is 2.13. The summed E-state index contributed by atoms with van der Waals surface area (Å²) < 4.78 is 13.3. The Balaban J connectivity index is 3.32. The summed E-state index contributed by atoms with van der Waals surface area (Å²) >= 11 is 0. The SMILES string of the molecule is CCC(C#N)c1c(F)ccc(N)c1O. The minimum Gasteiger partial charge on any atom is -0.505 e. The van der Waals surface area contributed by atoms with Gasteiger partial charge in [0.2, 0.25) is 0 Å². The summed E-state index contributed by atoms with van der Waals surface area (Å²) in [6.07, 6.45) is 0.435. The molecule has 0 radical (unpaired) electrons. The third-order valence-electron chi connectivity index (χ3n) is 2.11. The van der Waals surface area contributed by atoms with Crippen LogP contribution in [0.4, 0.5) is 10.1 Å². The van der Waals surface area contributed by atoms with Crippen LogP contribution in [0.5, 0.6) is 5.75 Å². The van der Waals surface area contributed by atoms with Gasteiger partial charge in [-0.1, -0.05) is 6.92 Å². The zero-order valence-electron chi connectivity index (χ0n) is 7.79. The maximum Gasteiger partial charge on any atom is 0.145 e. The van der Waals surface area contributed by atoms with Crippen molar-refractivity contribution >= 4 is 5.69 Å². The molecule has 3 nitrogen and oxygen atoms in total. The first kappa shape index (κ1) is 10.3. The first-order chi connectivity index (χ1) is 6.61. The highest BCUT2D eigenvalue weighted by Crippen LogP contribution is 2.34. The summed E-state index contributed by atoms with van der Waals surface area (Å²) in [5.74, 6) is -1.57. The lowest BCUT2D eigenvalue weighted by Crippen LogP contribution is -2.00. The molecule has 1 aromatic rings. The van der Waals surface area contributed by atoms with Crippen LogP contribution in [0, 0.1) is 17.1 Å². The molecule has 4 heteroatoms. The first-order valence-corrected chi connectivity index (χ1v) is 4.28. The van der Waals surface area contributed by atoms with Crippen molar-refractivity contribution in [3.8, 4) is 11.8 Å². The van der Waals surface area contributed by atoms with E-state index in [9.17, 15) is 9.50 Å². The van der Waals surface area contributed by atoms with E-state index >= 15 is 0 Å². The molecule has 0 aliphatic carbocycles. The summed E-state index contributed by atoms with van der Waals surface area (Å²) in [5, 5.41) is 18.2. The van der Waals surface area contributed by atoms with Crippen LogP contribution in [0.1, 0.15) is 24.8 Å². The van der Waals surface area contributed by atoms with Crippen molar-refractivity contribution < 1.29 is 9.50 Å². The molecule has 0 aromatic heterocycles. The minimum absolute atomic E-state index is 0.00463. The molecule has 0 bridgehead atoms. The number of nitrogen functional groups attached to an aromatic ring is 1. The maximum absolute atomic E-state index is 13.3. The summed E-state index contributed by atoms with van der Waals surface area (Å²) in [4.78, 5) is 0. The van der Waals surface area contributed by atoms with Crippen LogP contribution in [-0.4, -0.2) is 5.11 Å². The van der Waals surface area contributed by atoms with Gasteiger partial charge in [-0.05, 0) is 18.6 Å². The van der Waals surface area contributed by atoms with E-state index in [1.54, 1.807) is 6.92 Å². The molecule has 0 spiro atoms. The smallest absolute Gasteiger partial charge is 0.145 e. The topological polar surface area (TPSA) is 70.0 Å². The predicted molar refractivity (Wildman–Crippen MR) is 51.1 cm³/mol. The van der Waals surface area contributed by atoms with Gasteiger partial charge in [0.05, 0.1) is 17.7 Å². The number of benzene rings is 1. The average molecular weight is 194 g/mol. The van der Waals surface area contributed by atoms with Gasteiger partial charge in [-0.3, -0.25) is 0 Å². The fourth-order valence-electron chi connectivity index (χ4n) is 1.29. The van der Waals surface area contributed by atoms with Crippen molar-refractivity contribution in [1.29, 1.82) is 5.26 Å². The number of rotatable bonds is 2. The standard InChI is InChI=1S/C10H11FN2O/c1-2-6(5-12)9-7(11)3-4-8(13)10(9)14/h3-4,6,14H,2,13H2,1H3. The highest BCUT2D eigenvalue weighted by Gasteiger charge is 2.19. The van der Waals surface area contributed by atoms with Crippen LogP contribution in [-0.2, 0) is 0 Å². The Kier molecular flexibility index (Phi) is 2.92. The van der Waals surface area contributed by atoms with Gasteiger partial charge in [0.1, 0.15) is 11.6 Å². The van der Waals surface area contributed by atoms with Crippen LogP contribution < -0.4 is 5.73 Å². The molecule has 0 aliphatic rings. The zero-order chi connectivity index (χ0) is 10.7. The van der Waals surface area contributed by atoms with Crippen LogP contribution in [0.3, 0.4) is 0 Å². The number of nitriles is 1. The molecule has 3 N–H and O–H groups in total. The van der Waals surface area contributed by atoms with Gasteiger partial charge >= 0.3 is 0 Å². The second kappa shape index (κ2) is 3.97. The van der Waals surface area contributed by atoms with E-state index in [2.05, 4.69) is 0 Å². The van der Waals surface area contributed by atoms with Crippen molar-refractivity contribution in [2.45, 2.75) is 19.3 Å². The van der Waals surface area contributed by atoms with E-state index < -0.39 is 11.7 Å². The Hall–Kier alpha value is -1.76. The number of hydrogen-bond acceptors (Lipinski definition) is 3. The number of nitrogens with two attached hydrogens (primary N) is 1. The lowest BCUT2D eigenvalue weighted by atomic mass is 9.96. The van der Waals surface area contributed by atoms with Gasteiger partial charge in [0, 0.05) is 5.56 Å². The Labute approximate surface area is 81.6 Å². The van der Waals surface area contributed by atoms with Gasteiger partial charge in [-0.2, -0.15) is 5.26 Å². The first-order valence-electron chi connectivity index (χ1n) is 4.28. The van der Waals surface area contributed by atoms with Crippen molar-refractivity contribution in [1.82, 2.24) is 0 Å². The number of nitrogens with zero attached hydrogens (tertiary/aromatic N) is 1. The van der Waals surface area contributed by atoms with Gasteiger partial charge < -0.3 is 10.8 Å². The summed E-state index contributed by atoms with van der Waals surface area (Å²) in [6.45, 7) is 1.75. The van der Waals surface area contributed by atoms with Crippen LogP contribution in [0.2, 0.25) is 0 Å². The summed E-state index contributed by atoms with van der Waals surface area (Å²) in [6, 6.07) is 4.35. The van der Waals surface area contributed by atoms with E-state index in [-0.39, 0.29) is 17.0 Å². The van der Waals surface area contributed by atoms with E-state index in [0.29, 0.717) is 6.42 Å². The van der Waals surface area contributed by atoms with E-state index in [4.69, 9.17) is 11.0 Å². The monoisotopic (exact) mass is 194 g/mol. The van der Waals surface area contributed by atoms with E-state index in [0.717, 1.165) is 6.07 Å². The number of aromatic hydroxyl groups is 1. The van der Waals surface area contributed by atoms with Gasteiger partial charge in [0.15, 0.2) is 0 Å². The second-order valence-electron chi connectivity index (χ2n) is 2.99. The van der Waals surface area contributed by atoms with Crippen molar-refractivity contribution in [3.05, 3.63) is 23.5 Å². The number of phenolic OH excluding ortho intramolecular Hbond substituents is 1. The number of halogens is 1. The lowest BCUT2D eigenvalue weighted by molar-refractivity contribution is 0.457. The minimum atomic E-state index is -0.654.